The van der Waals surface area contributed by atoms with Gasteiger partial charge in [0.05, 0.1) is 29.9 Å². The minimum Gasteiger partial charge on any atom is -0.349 e. The van der Waals surface area contributed by atoms with Gasteiger partial charge >= 0.3 is 0 Å². The van der Waals surface area contributed by atoms with Gasteiger partial charge in [-0.25, -0.2) is 8.42 Å². The normalized spacial score (nSPS) is 19.6. The average Bonchev–Trinajstić information content (AvgIpc) is 2.92. The molecule has 136 valence electrons. The quantitative estimate of drug-likeness (QED) is 0.624. The predicted molar refractivity (Wildman–Crippen MR) is 90.7 cm³/mol. The molecule has 2 rings (SSSR count). The molecule has 1 fully saturated rings. The first kappa shape index (κ1) is 18.9. The van der Waals surface area contributed by atoms with Crippen molar-refractivity contribution in [2.75, 3.05) is 11.5 Å². The van der Waals surface area contributed by atoms with Gasteiger partial charge in [0, 0.05) is 6.92 Å². The molecular formula is C16H21N3O5S. The van der Waals surface area contributed by atoms with Crippen LogP contribution in [0.25, 0.3) is 0 Å². The summed E-state index contributed by atoms with van der Waals surface area (Å²) in [5, 5.41) is 2.69. The minimum absolute atomic E-state index is 0.0162. The zero-order valence-corrected chi connectivity index (χ0v) is 14.6. The topological polar surface area (TPSA) is 121 Å². The van der Waals surface area contributed by atoms with E-state index in [0.717, 1.165) is 5.56 Å². The lowest BCUT2D eigenvalue weighted by atomic mass is 10.0. The van der Waals surface area contributed by atoms with Gasteiger partial charge in [0.25, 0.3) is 0 Å². The van der Waals surface area contributed by atoms with Crippen LogP contribution >= 0.6 is 0 Å². The molecule has 0 spiro atoms. The average molecular weight is 367 g/mol. The Morgan fingerprint density at radius 1 is 1.16 bits per heavy atom. The molecule has 0 saturated carbocycles. The Kier molecular flexibility index (Phi) is 6.13. The van der Waals surface area contributed by atoms with Crippen LogP contribution in [0.3, 0.4) is 0 Å². The van der Waals surface area contributed by atoms with E-state index in [0.29, 0.717) is 0 Å². The number of carbonyl (C=O) groups excluding carboxylic acids is 3. The van der Waals surface area contributed by atoms with Gasteiger partial charge in [-0.15, -0.1) is 0 Å². The fraction of sp³-hybridized carbons (Fsp3) is 0.438. The summed E-state index contributed by atoms with van der Waals surface area (Å²) >= 11 is 0. The first-order chi connectivity index (χ1) is 11.8. The number of hydrogen-bond donors (Lipinski definition) is 3. The Labute approximate surface area is 146 Å². The van der Waals surface area contributed by atoms with Crippen molar-refractivity contribution in [2.24, 2.45) is 5.92 Å². The molecule has 1 saturated heterocycles. The lowest BCUT2D eigenvalue weighted by Crippen LogP contribution is -2.46. The third-order valence-electron chi connectivity index (χ3n) is 3.90. The zero-order chi connectivity index (χ0) is 18.4. The van der Waals surface area contributed by atoms with E-state index in [2.05, 4.69) is 16.2 Å². The van der Waals surface area contributed by atoms with E-state index in [-0.39, 0.29) is 30.3 Å². The standard InChI is InChI=1S/C16H21N3O5S/c1-11(20)17-14(12-5-3-2-4-6-12)9-15(21)18-19-16(22)13-7-8-25(23,24)10-13/h2-6,13-14H,7-10H2,1H3,(H,17,20)(H,18,21)(H,19,22)/t13-,14+/m1/s1. The number of benzene rings is 1. The van der Waals surface area contributed by atoms with Crippen LogP contribution in [0, 0.1) is 5.92 Å². The van der Waals surface area contributed by atoms with Crippen molar-refractivity contribution < 1.29 is 22.8 Å². The van der Waals surface area contributed by atoms with Crippen LogP contribution < -0.4 is 16.2 Å². The molecule has 1 aliphatic heterocycles. The van der Waals surface area contributed by atoms with Gasteiger partial charge in [-0.05, 0) is 12.0 Å². The van der Waals surface area contributed by atoms with Gasteiger partial charge in [-0.3, -0.25) is 25.2 Å². The molecule has 0 radical (unpaired) electrons. The van der Waals surface area contributed by atoms with E-state index < -0.39 is 33.6 Å². The van der Waals surface area contributed by atoms with Gasteiger partial charge in [0.2, 0.25) is 17.7 Å². The number of carbonyl (C=O) groups is 3. The molecule has 1 aromatic carbocycles. The number of amides is 3. The maximum absolute atomic E-state index is 12.1. The van der Waals surface area contributed by atoms with Crippen molar-refractivity contribution in [1.82, 2.24) is 16.2 Å². The fourth-order valence-electron chi connectivity index (χ4n) is 2.65. The Hall–Kier alpha value is -2.42. The minimum atomic E-state index is -3.17. The first-order valence-electron chi connectivity index (χ1n) is 7.88. The maximum atomic E-state index is 12.1. The highest BCUT2D eigenvalue weighted by Gasteiger charge is 2.33. The van der Waals surface area contributed by atoms with Crippen molar-refractivity contribution >= 4 is 27.6 Å². The van der Waals surface area contributed by atoms with E-state index in [1.165, 1.54) is 6.92 Å². The third kappa shape index (κ3) is 5.86. The molecule has 2 atom stereocenters. The largest absolute Gasteiger partial charge is 0.349 e. The molecule has 0 aromatic heterocycles. The molecule has 1 heterocycles. The highest BCUT2D eigenvalue weighted by Crippen LogP contribution is 2.18. The third-order valence-corrected chi connectivity index (χ3v) is 5.67. The Morgan fingerprint density at radius 2 is 1.84 bits per heavy atom. The summed E-state index contributed by atoms with van der Waals surface area (Å²) < 4.78 is 22.8. The first-order valence-corrected chi connectivity index (χ1v) is 9.70. The van der Waals surface area contributed by atoms with Crippen LogP contribution in [-0.2, 0) is 24.2 Å². The Morgan fingerprint density at radius 3 is 2.40 bits per heavy atom. The molecule has 0 unspecified atom stereocenters. The number of nitrogens with one attached hydrogen (secondary N) is 3. The van der Waals surface area contributed by atoms with Gasteiger partial charge in [-0.1, -0.05) is 30.3 Å². The summed E-state index contributed by atoms with van der Waals surface area (Å²) in [5.74, 6) is -2.15. The Balaban J connectivity index is 1.88. The highest BCUT2D eigenvalue weighted by atomic mass is 32.2. The molecule has 0 aliphatic carbocycles. The van der Waals surface area contributed by atoms with Gasteiger partial charge < -0.3 is 5.32 Å². The maximum Gasteiger partial charge on any atom is 0.242 e. The van der Waals surface area contributed by atoms with Crippen LogP contribution in [0.2, 0.25) is 0 Å². The van der Waals surface area contributed by atoms with E-state index in [4.69, 9.17) is 0 Å². The lowest BCUT2D eigenvalue weighted by Gasteiger charge is -2.18. The van der Waals surface area contributed by atoms with E-state index >= 15 is 0 Å². The van der Waals surface area contributed by atoms with Crippen molar-refractivity contribution in [1.29, 1.82) is 0 Å². The molecule has 9 heteroatoms. The number of hydrazine groups is 1. The second kappa shape index (κ2) is 8.11. The highest BCUT2D eigenvalue weighted by molar-refractivity contribution is 7.91. The SMILES string of the molecule is CC(=O)N[C@@H](CC(=O)NNC(=O)[C@@H]1CCS(=O)(=O)C1)c1ccccc1. The summed E-state index contributed by atoms with van der Waals surface area (Å²) in [6.07, 6.45) is 0.190. The lowest BCUT2D eigenvalue weighted by molar-refractivity contribution is -0.131. The Bertz CT molecular complexity index is 748. The summed E-state index contributed by atoms with van der Waals surface area (Å²) in [6.45, 7) is 1.36. The second-order valence-corrected chi connectivity index (χ2v) is 8.23. The van der Waals surface area contributed by atoms with Crippen LogP contribution in [0.1, 0.15) is 31.4 Å². The molecule has 8 nitrogen and oxygen atoms in total. The summed E-state index contributed by atoms with van der Waals surface area (Å²) in [4.78, 5) is 35.3. The predicted octanol–water partition coefficient (Wildman–Crippen LogP) is -0.164. The van der Waals surface area contributed by atoms with Crippen molar-refractivity contribution in [3.05, 3.63) is 35.9 Å². The molecule has 1 aliphatic rings. The summed E-state index contributed by atoms with van der Waals surface area (Å²) in [5.41, 5.74) is 5.30. The molecule has 25 heavy (non-hydrogen) atoms. The van der Waals surface area contributed by atoms with Gasteiger partial charge in [-0.2, -0.15) is 0 Å². The number of rotatable bonds is 5. The smallest absolute Gasteiger partial charge is 0.242 e. The summed E-state index contributed by atoms with van der Waals surface area (Å²) in [7, 11) is -3.17. The van der Waals surface area contributed by atoms with E-state index in [1.807, 2.05) is 6.07 Å². The van der Waals surface area contributed by atoms with E-state index in [1.54, 1.807) is 24.3 Å². The van der Waals surface area contributed by atoms with Gasteiger partial charge in [0.1, 0.15) is 0 Å². The molecular weight excluding hydrogens is 346 g/mol. The monoisotopic (exact) mass is 367 g/mol. The van der Waals surface area contributed by atoms with Crippen molar-refractivity contribution in [3.8, 4) is 0 Å². The molecule has 1 aromatic rings. The summed E-state index contributed by atoms with van der Waals surface area (Å²) in [6, 6.07) is 8.47. The zero-order valence-electron chi connectivity index (χ0n) is 13.8. The van der Waals surface area contributed by atoms with Crippen LogP contribution in [-0.4, -0.2) is 37.6 Å². The van der Waals surface area contributed by atoms with Crippen LogP contribution in [0.4, 0.5) is 0 Å². The second-order valence-electron chi connectivity index (χ2n) is 6.01. The fourth-order valence-corrected chi connectivity index (χ4v) is 4.40. The van der Waals surface area contributed by atoms with Crippen LogP contribution in [0.5, 0.6) is 0 Å². The van der Waals surface area contributed by atoms with Crippen LogP contribution in [0.15, 0.2) is 30.3 Å². The number of hydrogen-bond acceptors (Lipinski definition) is 5. The van der Waals surface area contributed by atoms with Crippen molar-refractivity contribution in [3.63, 3.8) is 0 Å². The van der Waals surface area contributed by atoms with Crippen molar-refractivity contribution in [2.45, 2.75) is 25.8 Å². The van der Waals surface area contributed by atoms with E-state index in [9.17, 15) is 22.8 Å². The number of sulfone groups is 1. The van der Waals surface area contributed by atoms with Gasteiger partial charge in [0.15, 0.2) is 9.84 Å². The molecule has 3 N–H and O–H groups in total. The molecule has 3 amide bonds. The molecule has 0 bridgehead atoms.